The lowest BCUT2D eigenvalue weighted by Crippen LogP contribution is -2.05. The van der Waals surface area contributed by atoms with Gasteiger partial charge in [0.2, 0.25) is 0 Å². The Hall–Kier alpha value is -1.77. The molecule has 19 heavy (non-hydrogen) atoms. The molecule has 1 atom stereocenters. The maximum atomic E-state index is 11.7. The van der Waals surface area contributed by atoms with Crippen molar-refractivity contribution >= 4 is 11.0 Å². The molecule has 1 unspecified atom stereocenters. The Kier molecular flexibility index (Phi) is 2.85. The Morgan fingerprint density at radius 3 is 2.89 bits per heavy atom. The molecule has 3 nitrogen and oxygen atoms in total. The van der Waals surface area contributed by atoms with Crippen LogP contribution < -0.4 is 10.4 Å². The van der Waals surface area contributed by atoms with E-state index in [1.54, 1.807) is 6.07 Å². The molecular weight excluding hydrogens is 240 g/mol. The van der Waals surface area contributed by atoms with Gasteiger partial charge in [-0.05, 0) is 37.5 Å². The van der Waals surface area contributed by atoms with Gasteiger partial charge in [-0.25, -0.2) is 4.79 Å². The van der Waals surface area contributed by atoms with Gasteiger partial charge in [0, 0.05) is 23.4 Å². The zero-order chi connectivity index (χ0) is 13.6. The molecule has 1 aliphatic rings. The van der Waals surface area contributed by atoms with Crippen LogP contribution in [0, 0.1) is 6.92 Å². The van der Waals surface area contributed by atoms with Gasteiger partial charge in [0.25, 0.3) is 0 Å². The maximum Gasteiger partial charge on any atom is 0.336 e. The van der Waals surface area contributed by atoms with E-state index in [0.717, 1.165) is 41.5 Å². The molecule has 1 aromatic heterocycles. The highest BCUT2D eigenvalue weighted by Crippen LogP contribution is 2.38. The molecule has 0 amide bonds. The first kappa shape index (κ1) is 12.3. The number of aryl methyl sites for hydroxylation is 2. The van der Waals surface area contributed by atoms with Gasteiger partial charge < -0.3 is 9.15 Å². The molecule has 0 spiro atoms. The van der Waals surface area contributed by atoms with Crippen molar-refractivity contribution in [3.05, 3.63) is 39.2 Å². The van der Waals surface area contributed by atoms with Gasteiger partial charge in [0.15, 0.2) is 0 Å². The first-order chi connectivity index (χ1) is 9.10. The topological polar surface area (TPSA) is 39.4 Å². The average molecular weight is 258 g/mol. The third-order valence-electron chi connectivity index (χ3n) is 3.72. The minimum absolute atomic E-state index is 0.201. The van der Waals surface area contributed by atoms with Gasteiger partial charge in [0.05, 0.1) is 0 Å². The van der Waals surface area contributed by atoms with Crippen LogP contribution in [0.2, 0.25) is 0 Å². The van der Waals surface area contributed by atoms with Gasteiger partial charge in [-0.15, -0.1) is 0 Å². The summed E-state index contributed by atoms with van der Waals surface area (Å²) in [4.78, 5) is 11.7. The van der Waals surface area contributed by atoms with E-state index in [1.165, 1.54) is 5.56 Å². The summed E-state index contributed by atoms with van der Waals surface area (Å²) in [6.45, 7) is 6.15. The minimum Gasteiger partial charge on any atom is -0.490 e. The van der Waals surface area contributed by atoms with Crippen molar-refractivity contribution < 1.29 is 9.15 Å². The number of fused-ring (bicyclic) bond motifs is 2. The van der Waals surface area contributed by atoms with Crippen LogP contribution in [0.25, 0.3) is 11.0 Å². The van der Waals surface area contributed by atoms with E-state index in [1.807, 2.05) is 6.92 Å². The number of rotatable bonds is 2. The molecule has 1 aliphatic heterocycles. The largest absolute Gasteiger partial charge is 0.490 e. The molecule has 0 bridgehead atoms. The Balaban J connectivity index is 2.34. The summed E-state index contributed by atoms with van der Waals surface area (Å²) < 4.78 is 11.2. The SMILES string of the molecule is CCCc1cc(=O)oc2c(C)c3c(cc12)CC(C)O3. The normalized spacial score (nSPS) is 17.5. The van der Waals surface area contributed by atoms with Crippen molar-refractivity contribution in [2.45, 2.75) is 46.1 Å². The summed E-state index contributed by atoms with van der Waals surface area (Å²) in [7, 11) is 0. The fourth-order valence-electron chi connectivity index (χ4n) is 2.92. The number of hydrogen-bond acceptors (Lipinski definition) is 3. The van der Waals surface area contributed by atoms with Crippen molar-refractivity contribution in [3.8, 4) is 5.75 Å². The van der Waals surface area contributed by atoms with Crippen molar-refractivity contribution in [2.24, 2.45) is 0 Å². The summed E-state index contributed by atoms with van der Waals surface area (Å²) in [5.74, 6) is 0.900. The van der Waals surface area contributed by atoms with Crippen LogP contribution in [0.4, 0.5) is 0 Å². The fourth-order valence-corrected chi connectivity index (χ4v) is 2.92. The third kappa shape index (κ3) is 1.93. The van der Waals surface area contributed by atoms with E-state index in [0.29, 0.717) is 5.58 Å². The monoisotopic (exact) mass is 258 g/mol. The molecular formula is C16H18O3. The average Bonchev–Trinajstić information content (AvgIpc) is 2.72. The van der Waals surface area contributed by atoms with E-state index >= 15 is 0 Å². The second-order valence-electron chi connectivity index (χ2n) is 5.34. The standard InChI is InChI=1S/C16H18O3/c1-4-5-11-8-14(17)19-16-10(3)15-12(7-13(11)16)6-9(2)18-15/h7-9H,4-6H2,1-3H3. The molecule has 2 aromatic rings. The Bertz CT molecular complexity index is 697. The van der Waals surface area contributed by atoms with Gasteiger partial charge in [-0.1, -0.05) is 13.3 Å². The molecule has 1 aromatic carbocycles. The van der Waals surface area contributed by atoms with Crippen LogP contribution in [0.5, 0.6) is 5.75 Å². The number of hydrogen-bond donors (Lipinski definition) is 0. The van der Waals surface area contributed by atoms with Crippen molar-refractivity contribution in [2.75, 3.05) is 0 Å². The van der Waals surface area contributed by atoms with Crippen LogP contribution >= 0.6 is 0 Å². The lowest BCUT2D eigenvalue weighted by atomic mass is 9.99. The Morgan fingerprint density at radius 1 is 1.37 bits per heavy atom. The van der Waals surface area contributed by atoms with E-state index in [2.05, 4.69) is 19.9 Å². The predicted molar refractivity (Wildman–Crippen MR) is 75.0 cm³/mol. The highest BCUT2D eigenvalue weighted by molar-refractivity contribution is 5.86. The van der Waals surface area contributed by atoms with E-state index in [4.69, 9.17) is 9.15 Å². The van der Waals surface area contributed by atoms with E-state index in [9.17, 15) is 4.79 Å². The smallest absolute Gasteiger partial charge is 0.336 e. The van der Waals surface area contributed by atoms with E-state index in [-0.39, 0.29) is 11.7 Å². The van der Waals surface area contributed by atoms with Crippen LogP contribution in [0.3, 0.4) is 0 Å². The summed E-state index contributed by atoms with van der Waals surface area (Å²) in [5.41, 5.74) is 3.67. The summed E-state index contributed by atoms with van der Waals surface area (Å²) in [6.07, 6.45) is 3.04. The summed E-state index contributed by atoms with van der Waals surface area (Å²) in [5, 5.41) is 1.07. The van der Waals surface area contributed by atoms with Gasteiger partial charge in [0.1, 0.15) is 17.4 Å². The molecule has 3 heteroatoms. The second-order valence-corrected chi connectivity index (χ2v) is 5.34. The van der Waals surface area contributed by atoms with Crippen LogP contribution in [0.1, 0.15) is 37.0 Å². The van der Waals surface area contributed by atoms with Gasteiger partial charge >= 0.3 is 5.63 Å². The van der Waals surface area contributed by atoms with Crippen LogP contribution in [0.15, 0.2) is 21.3 Å². The molecule has 0 aliphatic carbocycles. The first-order valence-electron chi connectivity index (χ1n) is 6.86. The molecule has 100 valence electrons. The lowest BCUT2D eigenvalue weighted by Gasteiger charge is -2.10. The molecule has 2 heterocycles. The third-order valence-corrected chi connectivity index (χ3v) is 3.72. The number of benzene rings is 1. The molecule has 0 saturated heterocycles. The predicted octanol–water partition coefficient (Wildman–Crippen LogP) is 3.38. The highest BCUT2D eigenvalue weighted by atomic mass is 16.5. The van der Waals surface area contributed by atoms with Gasteiger partial charge in [-0.3, -0.25) is 0 Å². The summed E-state index contributed by atoms with van der Waals surface area (Å²) in [6, 6.07) is 3.76. The fraction of sp³-hybridized carbons (Fsp3) is 0.438. The molecule has 0 saturated carbocycles. The van der Waals surface area contributed by atoms with Crippen LogP contribution in [-0.2, 0) is 12.8 Å². The zero-order valence-electron chi connectivity index (χ0n) is 11.6. The molecule has 3 rings (SSSR count). The minimum atomic E-state index is -0.273. The van der Waals surface area contributed by atoms with Crippen molar-refractivity contribution in [1.82, 2.24) is 0 Å². The molecule has 0 radical (unpaired) electrons. The van der Waals surface area contributed by atoms with Crippen LogP contribution in [-0.4, -0.2) is 6.10 Å². The maximum absolute atomic E-state index is 11.7. The molecule has 0 N–H and O–H groups in total. The van der Waals surface area contributed by atoms with Crippen molar-refractivity contribution in [1.29, 1.82) is 0 Å². The summed E-state index contributed by atoms with van der Waals surface area (Å²) >= 11 is 0. The highest BCUT2D eigenvalue weighted by Gasteiger charge is 2.24. The first-order valence-corrected chi connectivity index (χ1v) is 6.86. The van der Waals surface area contributed by atoms with Crippen molar-refractivity contribution in [3.63, 3.8) is 0 Å². The van der Waals surface area contributed by atoms with E-state index < -0.39 is 0 Å². The Labute approximate surface area is 112 Å². The number of ether oxygens (including phenoxy) is 1. The van der Waals surface area contributed by atoms with Gasteiger partial charge in [-0.2, -0.15) is 0 Å². The Morgan fingerprint density at radius 2 is 2.16 bits per heavy atom. The quantitative estimate of drug-likeness (QED) is 0.775. The molecule has 0 fully saturated rings. The zero-order valence-corrected chi connectivity index (χ0v) is 11.6. The lowest BCUT2D eigenvalue weighted by molar-refractivity contribution is 0.253. The second kappa shape index (κ2) is 4.41.